The Balaban J connectivity index is 2.10. The third-order valence-corrected chi connectivity index (χ3v) is 4.14. The summed E-state index contributed by atoms with van der Waals surface area (Å²) in [5.41, 5.74) is 2.15. The first-order valence-electron chi connectivity index (χ1n) is 6.02. The minimum Gasteiger partial charge on any atom is -0.390 e. The number of rotatable bonds is 4. The van der Waals surface area contributed by atoms with Gasteiger partial charge in [0.2, 0.25) is 0 Å². The van der Waals surface area contributed by atoms with E-state index in [1.165, 1.54) is 11.8 Å². The van der Waals surface area contributed by atoms with Gasteiger partial charge in [0.05, 0.1) is 18.5 Å². The molecule has 0 aromatic heterocycles. The summed E-state index contributed by atoms with van der Waals surface area (Å²) in [5.74, 6) is -0.0177. The maximum atomic E-state index is 11.1. The summed E-state index contributed by atoms with van der Waals surface area (Å²) in [5, 5.41) is 10.1. The number of aliphatic hydroxyl groups is 1. The van der Waals surface area contributed by atoms with Gasteiger partial charge in [-0.3, -0.25) is 0 Å². The van der Waals surface area contributed by atoms with E-state index in [1.807, 2.05) is 24.3 Å². The monoisotopic (exact) mass is 270 g/mol. The second kappa shape index (κ2) is 5.38. The van der Waals surface area contributed by atoms with Crippen LogP contribution in [0.25, 0.3) is 0 Å². The van der Waals surface area contributed by atoms with E-state index in [9.17, 15) is 13.5 Å². The van der Waals surface area contributed by atoms with Crippen molar-refractivity contribution in [2.75, 3.05) is 18.6 Å². The Morgan fingerprint density at radius 3 is 2.89 bits per heavy atom. The van der Waals surface area contributed by atoms with Crippen LogP contribution in [0.5, 0.6) is 0 Å². The topological polar surface area (TPSA) is 63.6 Å². The molecular weight excluding hydrogens is 252 g/mol. The third-order valence-electron chi connectivity index (χ3n) is 3.16. The Hall–Kier alpha value is -0.910. The van der Waals surface area contributed by atoms with Crippen molar-refractivity contribution < 1.29 is 18.3 Å². The van der Waals surface area contributed by atoms with Crippen LogP contribution in [0.15, 0.2) is 24.3 Å². The van der Waals surface area contributed by atoms with Gasteiger partial charge in [-0.15, -0.1) is 0 Å². The molecule has 2 rings (SSSR count). The van der Waals surface area contributed by atoms with Crippen LogP contribution in [0.4, 0.5) is 0 Å². The van der Waals surface area contributed by atoms with E-state index in [1.54, 1.807) is 0 Å². The summed E-state index contributed by atoms with van der Waals surface area (Å²) in [7, 11) is -3.05. The van der Waals surface area contributed by atoms with Crippen molar-refractivity contribution in [1.82, 2.24) is 0 Å². The van der Waals surface area contributed by atoms with Gasteiger partial charge < -0.3 is 9.84 Å². The van der Waals surface area contributed by atoms with Gasteiger partial charge in [-0.2, -0.15) is 0 Å². The summed E-state index contributed by atoms with van der Waals surface area (Å²) < 4.78 is 27.8. The molecule has 1 aliphatic heterocycles. The molecule has 1 aromatic rings. The van der Waals surface area contributed by atoms with Crippen LogP contribution < -0.4 is 0 Å². The van der Waals surface area contributed by atoms with E-state index < -0.39 is 22.0 Å². The van der Waals surface area contributed by atoms with Crippen molar-refractivity contribution in [3.05, 3.63) is 35.4 Å². The highest BCUT2D eigenvalue weighted by atomic mass is 32.2. The van der Waals surface area contributed by atoms with Crippen molar-refractivity contribution in [2.24, 2.45) is 0 Å². The molecule has 2 atom stereocenters. The van der Waals surface area contributed by atoms with Gasteiger partial charge in [0, 0.05) is 6.26 Å². The Morgan fingerprint density at radius 1 is 1.44 bits per heavy atom. The summed E-state index contributed by atoms with van der Waals surface area (Å²) in [6, 6.07) is 7.82. The predicted octanol–water partition coefficient (Wildman–Crippen LogP) is 1.10. The maximum Gasteiger partial charge on any atom is 0.147 e. The van der Waals surface area contributed by atoms with Gasteiger partial charge in [0.15, 0.2) is 0 Å². The van der Waals surface area contributed by atoms with Gasteiger partial charge >= 0.3 is 0 Å². The fourth-order valence-corrected chi connectivity index (χ4v) is 2.90. The lowest BCUT2D eigenvalue weighted by Crippen LogP contribution is -2.28. The minimum absolute atomic E-state index is 0.0177. The average molecular weight is 270 g/mol. The fourth-order valence-electron chi connectivity index (χ4n) is 2.23. The van der Waals surface area contributed by atoms with Crippen molar-refractivity contribution in [3.8, 4) is 0 Å². The summed E-state index contributed by atoms with van der Waals surface area (Å²) in [4.78, 5) is 0. The zero-order chi connectivity index (χ0) is 13.2. The van der Waals surface area contributed by atoms with Gasteiger partial charge in [-0.05, 0) is 24.0 Å². The van der Waals surface area contributed by atoms with Crippen LogP contribution >= 0.6 is 0 Å². The second-order valence-electron chi connectivity index (χ2n) is 4.73. The highest BCUT2D eigenvalue weighted by Crippen LogP contribution is 2.30. The largest absolute Gasteiger partial charge is 0.390 e. The molecule has 0 aliphatic carbocycles. The number of aliphatic hydroxyl groups excluding tert-OH is 1. The average Bonchev–Trinajstić information content (AvgIpc) is 2.34. The molecule has 0 radical (unpaired) electrons. The van der Waals surface area contributed by atoms with Crippen LogP contribution in [0.1, 0.15) is 23.7 Å². The second-order valence-corrected chi connectivity index (χ2v) is 6.99. The Labute approximate surface area is 108 Å². The molecule has 0 fully saturated rings. The Kier molecular flexibility index (Phi) is 4.04. The normalized spacial score (nSPS) is 21.3. The molecule has 18 heavy (non-hydrogen) atoms. The standard InChI is InChI=1S/C13H18O4S/c1-18(15,16)9-7-12(14)13-11-5-3-2-4-10(11)6-8-17-13/h2-5,12-14H,6-9H2,1H3. The highest BCUT2D eigenvalue weighted by molar-refractivity contribution is 7.90. The van der Waals surface area contributed by atoms with Gasteiger partial charge in [-0.1, -0.05) is 24.3 Å². The quantitative estimate of drug-likeness (QED) is 0.889. The number of benzene rings is 1. The van der Waals surface area contributed by atoms with E-state index >= 15 is 0 Å². The number of hydrogen-bond acceptors (Lipinski definition) is 4. The van der Waals surface area contributed by atoms with E-state index in [2.05, 4.69) is 0 Å². The lowest BCUT2D eigenvalue weighted by Gasteiger charge is -2.29. The fraction of sp³-hybridized carbons (Fsp3) is 0.538. The molecule has 0 saturated carbocycles. The molecule has 0 saturated heterocycles. The van der Waals surface area contributed by atoms with E-state index in [4.69, 9.17) is 4.74 Å². The zero-order valence-electron chi connectivity index (χ0n) is 10.4. The molecule has 0 spiro atoms. The van der Waals surface area contributed by atoms with Gasteiger partial charge in [0.1, 0.15) is 15.9 Å². The summed E-state index contributed by atoms with van der Waals surface area (Å²) in [6.45, 7) is 0.567. The van der Waals surface area contributed by atoms with Crippen LogP contribution in [0.2, 0.25) is 0 Å². The molecule has 100 valence electrons. The number of hydrogen-bond donors (Lipinski definition) is 1. The lowest BCUT2D eigenvalue weighted by molar-refractivity contribution is -0.0473. The van der Waals surface area contributed by atoms with Crippen molar-refractivity contribution in [3.63, 3.8) is 0 Å². The maximum absolute atomic E-state index is 11.1. The first-order valence-corrected chi connectivity index (χ1v) is 8.08. The molecule has 1 aliphatic rings. The molecular formula is C13H18O4S. The minimum atomic E-state index is -3.05. The van der Waals surface area contributed by atoms with E-state index in [0.717, 1.165) is 12.0 Å². The van der Waals surface area contributed by atoms with Crippen molar-refractivity contribution in [2.45, 2.75) is 25.0 Å². The zero-order valence-corrected chi connectivity index (χ0v) is 11.2. The van der Waals surface area contributed by atoms with Crippen molar-refractivity contribution in [1.29, 1.82) is 0 Å². The van der Waals surface area contributed by atoms with Crippen molar-refractivity contribution >= 4 is 9.84 Å². The molecule has 5 heteroatoms. The molecule has 1 N–H and O–H groups in total. The van der Waals surface area contributed by atoms with E-state index in [-0.39, 0.29) is 12.2 Å². The predicted molar refractivity (Wildman–Crippen MR) is 69.2 cm³/mol. The number of ether oxygens (including phenoxy) is 1. The van der Waals surface area contributed by atoms with Gasteiger partial charge in [-0.25, -0.2) is 8.42 Å². The molecule has 2 unspecified atom stereocenters. The molecule has 0 bridgehead atoms. The smallest absolute Gasteiger partial charge is 0.147 e. The SMILES string of the molecule is CS(=O)(=O)CCC(O)C1OCCc2ccccc21. The van der Waals surface area contributed by atoms with Crippen LogP contribution in [-0.2, 0) is 21.0 Å². The Bertz CT molecular complexity index is 509. The number of fused-ring (bicyclic) bond motifs is 1. The third kappa shape index (κ3) is 3.31. The first-order chi connectivity index (χ1) is 8.47. The first kappa shape index (κ1) is 13.5. The van der Waals surface area contributed by atoms with E-state index in [0.29, 0.717) is 6.61 Å². The molecule has 1 heterocycles. The highest BCUT2D eigenvalue weighted by Gasteiger charge is 2.27. The summed E-state index contributed by atoms with van der Waals surface area (Å²) in [6.07, 6.45) is 1.04. The van der Waals surface area contributed by atoms with Crippen LogP contribution in [0, 0.1) is 0 Å². The molecule has 4 nitrogen and oxygen atoms in total. The van der Waals surface area contributed by atoms with Crippen LogP contribution in [0.3, 0.4) is 0 Å². The van der Waals surface area contributed by atoms with Gasteiger partial charge in [0.25, 0.3) is 0 Å². The Morgan fingerprint density at radius 2 is 2.17 bits per heavy atom. The van der Waals surface area contributed by atoms with Crippen LogP contribution in [-0.4, -0.2) is 38.2 Å². The number of sulfone groups is 1. The lowest BCUT2D eigenvalue weighted by atomic mass is 9.93. The molecule has 1 aromatic carbocycles. The summed E-state index contributed by atoms with van der Waals surface area (Å²) >= 11 is 0. The molecule has 0 amide bonds.